The first-order chi connectivity index (χ1) is 6.54. The number of nitrogens with zero attached hydrogens (tertiary/aromatic N) is 1. The van der Waals surface area contributed by atoms with Gasteiger partial charge in [0, 0.05) is 31.7 Å². The Bertz CT molecular complexity index is 208. The third kappa shape index (κ3) is 2.45. The average Bonchev–Trinajstić information content (AvgIpc) is 2.16. The zero-order chi connectivity index (χ0) is 10.7. The highest BCUT2D eigenvalue weighted by atomic mass is 16.4. The summed E-state index contributed by atoms with van der Waals surface area (Å²) in [6, 6.07) is 0.546. The van der Waals surface area contributed by atoms with E-state index in [0.29, 0.717) is 6.04 Å². The minimum Gasteiger partial charge on any atom is -0.481 e. The number of hydrogen-bond donors (Lipinski definition) is 2. The molecule has 0 radical (unpaired) electrons. The molecule has 2 unspecified atom stereocenters. The Hall–Kier alpha value is -0.610. The number of aliphatic carboxylic acids is 1. The van der Waals surface area contributed by atoms with Gasteiger partial charge in [-0.15, -0.1) is 0 Å². The highest BCUT2D eigenvalue weighted by Crippen LogP contribution is 2.15. The van der Waals surface area contributed by atoms with Crippen LogP contribution < -0.4 is 5.32 Å². The average molecular weight is 200 g/mol. The normalized spacial score (nSPS) is 28.4. The molecule has 0 bridgehead atoms. The Kier molecular flexibility index (Phi) is 3.89. The van der Waals surface area contributed by atoms with Crippen molar-refractivity contribution in [1.29, 1.82) is 0 Å². The standard InChI is InChI=1S/C10H20N2O2/c1-7-6-11-4-5-12(7)9(3)8(2)10(13)14/h7-9,11H,4-6H2,1-3H3,(H,13,14)/t7-,8?,9?/m0/s1. The van der Waals surface area contributed by atoms with Crippen molar-refractivity contribution in [1.82, 2.24) is 10.2 Å². The van der Waals surface area contributed by atoms with E-state index < -0.39 is 5.97 Å². The second kappa shape index (κ2) is 4.75. The minimum atomic E-state index is -0.705. The molecule has 0 aliphatic carbocycles. The zero-order valence-corrected chi connectivity index (χ0v) is 9.16. The van der Waals surface area contributed by atoms with Crippen LogP contribution in [0.15, 0.2) is 0 Å². The van der Waals surface area contributed by atoms with Crippen LogP contribution in [0.2, 0.25) is 0 Å². The van der Waals surface area contributed by atoms with E-state index in [9.17, 15) is 4.79 Å². The molecule has 0 saturated carbocycles. The first-order valence-corrected chi connectivity index (χ1v) is 5.23. The summed E-state index contributed by atoms with van der Waals surface area (Å²) >= 11 is 0. The summed E-state index contributed by atoms with van der Waals surface area (Å²) in [4.78, 5) is 13.1. The predicted octanol–water partition coefficient (Wildman–Crippen LogP) is 0.389. The fourth-order valence-corrected chi connectivity index (χ4v) is 1.96. The number of carboxylic acid groups (broad SMARTS) is 1. The molecule has 1 aliphatic heterocycles. The molecule has 0 spiro atoms. The van der Waals surface area contributed by atoms with E-state index in [1.165, 1.54) is 0 Å². The lowest BCUT2D eigenvalue weighted by molar-refractivity contribution is -0.143. The zero-order valence-electron chi connectivity index (χ0n) is 9.16. The number of carboxylic acids is 1. The Morgan fingerprint density at radius 1 is 1.57 bits per heavy atom. The van der Waals surface area contributed by atoms with Crippen LogP contribution in [0, 0.1) is 5.92 Å². The molecule has 0 aromatic carbocycles. The van der Waals surface area contributed by atoms with Crippen LogP contribution in [0.25, 0.3) is 0 Å². The first kappa shape index (κ1) is 11.5. The Labute approximate surface area is 85.3 Å². The Balaban J connectivity index is 2.57. The van der Waals surface area contributed by atoms with Crippen molar-refractivity contribution in [2.45, 2.75) is 32.9 Å². The van der Waals surface area contributed by atoms with Gasteiger partial charge in [-0.3, -0.25) is 9.69 Å². The fraction of sp³-hybridized carbons (Fsp3) is 0.900. The van der Waals surface area contributed by atoms with E-state index in [2.05, 4.69) is 17.1 Å². The summed E-state index contributed by atoms with van der Waals surface area (Å²) in [6.45, 7) is 8.78. The maximum absolute atomic E-state index is 10.8. The van der Waals surface area contributed by atoms with Gasteiger partial charge in [-0.2, -0.15) is 0 Å². The molecule has 1 aliphatic rings. The van der Waals surface area contributed by atoms with Gasteiger partial charge in [-0.25, -0.2) is 0 Å². The van der Waals surface area contributed by atoms with E-state index >= 15 is 0 Å². The molecule has 82 valence electrons. The number of hydrogen-bond acceptors (Lipinski definition) is 3. The summed E-state index contributed by atoms with van der Waals surface area (Å²) in [5, 5.41) is 12.2. The third-order valence-corrected chi connectivity index (χ3v) is 3.19. The van der Waals surface area contributed by atoms with Gasteiger partial charge in [0.25, 0.3) is 0 Å². The van der Waals surface area contributed by atoms with Gasteiger partial charge in [0.1, 0.15) is 0 Å². The van der Waals surface area contributed by atoms with Crippen LogP contribution in [0.3, 0.4) is 0 Å². The van der Waals surface area contributed by atoms with E-state index in [0.717, 1.165) is 19.6 Å². The molecular weight excluding hydrogens is 180 g/mol. The lowest BCUT2D eigenvalue weighted by Gasteiger charge is -2.39. The van der Waals surface area contributed by atoms with Crippen LogP contribution in [0.5, 0.6) is 0 Å². The van der Waals surface area contributed by atoms with Crippen molar-refractivity contribution >= 4 is 5.97 Å². The van der Waals surface area contributed by atoms with Crippen molar-refractivity contribution in [3.8, 4) is 0 Å². The van der Waals surface area contributed by atoms with Crippen LogP contribution >= 0.6 is 0 Å². The number of rotatable bonds is 3. The van der Waals surface area contributed by atoms with Gasteiger partial charge in [0.05, 0.1) is 5.92 Å². The largest absolute Gasteiger partial charge is 0.481 e. The molecule has 1 fully saturated rings. The van der Waals surface area contributed by atoms with Gasteiger partial charge in [-0.1, -0.05) is 6.92 Å². The summed E-state index contributed by atoms with van der Waals surface area (Å²) in [5.41, 5.74) is 0. The van der Waals surface area contributed by atoms with Gasteiger partial charge >= 0.3 is 5.97 Å². The monoisotopic (exact) mass is 200 g/mol. The first-order valence-electron chi connectivity index (χ1n) is 5.23. The molecule has 0 aromatic heterocycles. The third-order valence-electron chi connectivity index (χ3n) is 3.19. The van der Waals surface area contributed by atoms with Crippen LogP contribution in [0.1, 0.15) is 20.8 Å². The molecule has 2 N–H and O–H groups in total. The van der Waals surface area contributed by atoms with Crippen molar-refractivity contribution in [3.05, 3.63) is 0 Å². The predicted molar refractivity (Wildman–Crippen MR) is 55.3 cm³/mol. The molecular formula is C10H20N2O2. The van der Waals surface area contributed by atoms with Crippen LogP contribution in [0.4, 0.5) is 0 Å². The molecule has 3 atom stereocenters. The van der Waals surface area contributed by atoms with E-state index in [-0.39, 0.29) is 12.0 Å². The van der Waals surface area contributed by atoms with E-state index in [4.69, 9.17) is 5.11 Å². The highest BCUT2D eigenvalue weighted by molar-refractivity contribution is 5.70. The number of piperazine rings is 1. The topological polar surface area (TPSA) is 52.6 Å². The van der Waals surface area contributed by atoms with Gasteiger partial charge < -0.3 is 10.4 Å². The second-order valence-electron chi connectivity index (χ2n) is 4.16. The minimum absolute atomic E-state index is 0.115. The molecule has 0 aromatic rings. The molecule has 14 heavy (non-hydrogen) atoms. The van der Waals surface area contributed by atoms with Gasteiger partial charge in [0.2, 0.25) is 0 Å². The summed E-state index contributed by atoms with van der Waals surface area (Å²) in [5.74, 6) is -1.00. The summed E-state index contributed by atoms with van der Waals surface area (Å²) in [6.07, 6.45) is 0. The number of nitrogens with one attached hydrogen (secondary N) is 1. The van der Waals surface area contributed by atoms with Crippen molar-refractivity contribution < 1.29 is 9.90 Å². The molecule has 0 amide bonds. The maximum Gasteiger partial charge on any atom is 0.307 e. The highest BCUT2D eigenvalue weighted by Gasteiger charge is 2.29. The van der Waals surface area contributed by atoms with Crippen molar-refractivity contribution in [2.24, 2.45) is 5.92 Å². The summed E-state index contributed by atoms with van der Waals surface area (Å²) in [7, 11) is 0. The molecule has 4 nitrogen and oxygen atoms in total. The van der Waals surface area contributed by atoms with Gasteiger partial charge in [-0.05, 0) is 13.8 Å². The fourth-order valence-electron chi connectivity index (χ4n) is 1.96. The molecule has 4 heteroatoms. The van der Waals surface area contributed by atoms with E-state index in [1.807, 2.05) is 6.92 Å². The number of carbonyl (C=O) groups is 1. The van der Waals surface area contributed by atoms with Crippen molar-refractivity contribution in [2.75, 3.05) is 19.6 Å². The second-order valence-corrected chi connectivity index (χ2v) is 4.16. The Morgan fingerprint density at radius 3 is 2.71 bits per heavy atom. The Morgan fingerprint density at radius 2 is 2.21 bits per heavy atom. The SMILES string of the molecule is CC(C(=O)O)C(C)N1CCNC[C@@H]1C. The van der Waals surface area contributed by atoms with Crippen LogP contribution in [-0.2, 0) is 4.79 Å². The van der Waals surface area contributed by atoms with Crippen molar-refractivity contribution in [3.63, 3.8) is 0 Å². The lowest BCUT2D eigenvalue weighted by atomic mass is 10.00. The molecule has 1 rings (SSSR count). The molecule has 1 heterocycles. The van der Waals surface area contributed by atoms with Crippen LogP contribution in [-0.4, -0.2) is 47.7 Å². The molecule has 1 saturated heterocycles. The van der Waals surface area contributed by atoms with E-state index in [1.54, 1.807) is 6.92 Å². The quantitative estimate of drug-likeness (QED) is 0.692. The summed E-state index contributed by atoms with van der Waals surface area (Å²) < 4.78 is 0. The van der Waals surface area contributed by atoms with Gasteiger partial charge in [0.15, 0.2) is 0 Å². The smallest absolute Gasteiger partial charge is 0.307 e. The lowest BCUT2D eigenvalue weighted by Crippen LogP contribution is -2.55. The maximum atomic E-state index is 10.8.